The summed E-state index contributed by atoms with van der Waals surface area (Å²) in [5.74, 6) is 1.70. The van der Waals surface area contributed by atoms with E-state index in [2.05, 4.69) is 27.7 Å². The third-order valence-corrected chi connectivity index (χ3v) is 5.35. The van der Waals surface area contributed by atoms with Crippen molar-refractivity contribution in [1.82, 2.24) is 20.4 Å². The van der Waals surface area contributed by atoms with E-state index in [0.717, 1.165) is 39.0 Å². The number of piperidine rings is 1. The van der Waals surface area contributed by atoms with Gasteiger partial charge in [-0.1, -0.05) is 30.3 Å². The highest BCUT2D eigenvalue weighted by Crippen LogP contribution is 2.30. The maximum absolute atomic E-state index is 12.9. The summed E-state index contributed by atoms with van der Waals surface area (Å²) in [4.78, 5) is 27.1. The highest BCUT2D eigenvalue weighted by Gasteiger charge is 2.36. The molecular weight excluding hydrogens is 471 g/mol. The van der Waals surface area contributed by atoms with Crippen LogP contribution in [0.2, 0.25) is 0 Å². The monoisotopic (exact) mass is 500 g/mol. The first-order valence-corrected chi connectivity index (χ1v) is 9.56. The van der Waals surface area contributed by atoms with Crippen LogP contribution in [-0.4, -0.2) is 74.4 Å². The second-order valence-electron chi connectivity index (χ2n) is 7.06. The number of nitrogens with one attached hydrogen (secondary N) is 2. The number of carbonyl (C=O) groups excluding carboxylic acids is 2. The summed E-state index contributed by atoms with van der Waals surface area (Å²) in [5.41, 5.74) is 0.875. The average Bonchev–Trinajstić information content (AvgIpc) is 2.73. The molecule has 1 aromatic rings. The second-order valence-corrected chi connectivity index (χ2v) is 7.06. The molecule has 154 valence electrons. The molecule has 0 spiro atoms. The van der Waals surface area contributed by atoms with Crippen molar-refractivity contribution in [2.45, 2.75) is 18.4 Å². The Morgan fingerprint density at radius 3 is 2.50 bits per heavy atom. The van der Waals surface area contributed by atoms with Crippen molar-refractivity contribution >= 4 is 35.9 Å². The standard InChI is InChI=1S/C20H28N4O3.HI/c25-15-4-16-27-17-23-11-13-24(14-12-23)19(26)22-20(7-9-21-10-8-20)18-5-2-1-3-6-18;/h1-6,21H,7-14,16-17H2,(H,22,26);1H. The smallest absolute Gasteiger partial charge is 0.318 e. The normalized spacial score (nSPS) is 19.2. The summed E-state index contributed by atoms with van der Waals surface area (Å²) in [6.45, 7) is 5.40. The Labute approximate surface area is 183 Å². The van der Waals surface area contributed by atoms with Crippen LogP contribution in [-0.2, 0) is 15.1 Å². The zero-order chi connectivity index (χ0) is 19.0. The number of piperazine rings is 1. The Hall–Kier alpha value is -1.45. The van der Waals surface area contributed by atoms with Crippen LogP contribution in [0.25, 0.3) is 0 Å². The molecule has 1 aromatic carbocycles. The van der Waals surface area contributed by atoms with Gasteiger partial charge in [0.05, 0.1) is 18.9 Å². The topological polar surface area (TPSA) is 73.9 Å². The summed E-state index contributed by atoms with van der Waals surface area (Å²) < 4.78 is 5.39. The highest BCUT2D eigenvalue weighted by molar-refractivity contribution is 14.0. The van der Waals surface area contributed by atoms with Crippen molar-refractivity contribution in [2.24, 2.45) is 0 Å². The molecule has 3 rings (SSSR count). The van der Waals surface area contributed by atoms with E-state index in [1.807, 2.05) is 23.1 Å². The van der Waals surface area contributed by atoms with E-state index in [-0.39, 0.29) is 42.2 Å². The molecule has 2 aliphatic heterocycles. The van der Waals surface area contributed by atoms with Crippen LogP contribution in [0.15, 0.2) is 36.4 Å². The summed E-state index contributed by atoms with van der Waals surface area (Å²) >= 11 is 0. The van der Waals surface area contributed by atoms with Gasteiger partial charge in [-0.3, -0.25) is 4.90 Å². The van der Waals surface area contributed by atoms with Gasteiger partial charge in [-0.25, -0.2) is 9.59 Å². The minimum Gasteiger partial charge on any atom is -0.361 e. The Morgan fingerprint density at radius 2 is 1.86 bits per heavy atom. The van der Waals surface area contributed by atoms with Crippen molar-refractivity contribution in [2.75, 3.05) is 52.6 Å². The summed E-state index contributed by atoms with van der Waals surface area (Å²) in [6.07, 6.45) is 3.10. The van der Waals surface area contributed by atoms with E-state index < -0.39 is 0 Å². The van der Waals surface area contributed by atoms with Gasteiger partial charge in [-0.15, -0.1) is 24.0 Å². The van der Waals surface area contributed by atoms with Crippen LogP contribution in [0.3, 0.4) is 0 Å². The molecule has 0 aromatic heterocycles. The van der Waals surface area contributed by atoms with Crippen molar-refractivity contribution in [1.29, 1.82) is 0 Å². The minimum absolute atomic E-state index is 0. The van der Waals surface area contributed by atoms with E-state index in [1.54, 1.807) is 5.94 Å². The maximum Gasteiger partial charge on any atom is 0.318 e. The van der Waals surface area contributed by atoms with Gasteiger partial charge in [-0.05, 0) is 31.5 Å². The number of carbonyl (C=O) groups is 1. The number of rotatable bonds is 6. The van der Waals surface area contributed by atoms with Crippen molar-refractivity contribution in [3.63, 3.8) is 0 Å². The third kappa shape index (κ3) is 6.02. The number of hydrogen-bond donors (Lipinski definition) is 2. The fourth-order valence-electron chi connectivity index (χ4n) is 3.74. The largest absolute Gasteiger partial charge is 0.361 e. The molecule has 8 heteroatoms. The first-order chi connectivity index (χ1) is 13.2. The Bertz CT molecular complexity index is 653. The first-order valence-electron chi connectivity index (χ1n) is 9.56. The fourth-order valence-corrected chi connectivity index (χ4v) is 3.74. The first kappa shape index (κ1) is 22.8. The number of halogens is 1. The lowest BCUT2D eigenvalue weighted by molar-refractivity contribution is 0.0192. The lowest BCUT2D eigenvalue weighted by Gasteiger charge is -2.42. The fraction of sp³-hybridized carbons (Fsp3) is 0.550. The molecule has 2 aliphatic rings. The Morgan fingerprint density at radius 1 is 1.18 bits per heavy atom. The summed E-state index contributed by atoms with van der Waals surface area (Å²) in [7, 11) is 0. The molecule has 0 aliphatic carbocycles. The summed E-state index contributed by atoms with van der Waals surface area (Å²) in [5, 5.41) is 6.73. The molecule has 2 fully saturated rings. The van der Waals surface area contributed by atoms with Gasteiger partial charge in [-0.2, -0.15) is 0 Å². The van der Waals surface area contributed by atoms with Crippen LogP contribution < -0.4 is 10.6 Å². The molecule has 0 unspecified atom stereocenters. The molecule has 2 amide bonds. The highest BCUT2D eigenvalue weighted by atomic mass is 127. The van der Waals surface area contributed by atoms with E-state index in [4.69, 9.17) is 4.74 Å². The number of ether oxygens (including phenoxy) is 1. The van der Waals surface area contributed by atoms with Gasteiger partial charge < -0.3 is 20.3 Å². The van der Waals surface area contributed by atoms with Crippen LogP contribution in [0.1, 0.15) is 18.4 Å². The van der Waals surface area contributed by atoms with Crippen molar-refractivity contribution < 1.29 is 14.3 Å². The number of nitrogens with zero attached hydrogens (tertiary/aromatic N) is 2. The molecule has 2 N–H and O–H groups in total. The number of amides is 2. The van der Waals surface area contributed by atoms with E-state index in [9.17, 15) is 9.59 Å². The molecule has 2 heterocycles. The number of hydrogen-bond acceptors (Lipinski definition) is 5. The lowest BCUT2D eigenvalue weighted by Crippen LogP contribution is -2.58. The molecular formula is C20H29IN4O3. The van der Waals surface area contributed by atoms with E-state index in [0.29, 0.717) is 19.8 Å². The lowest BCUT2D eigenvalue weighted by atomic mass is 9.81. The van der Waals surface area contributed by atoms with E-state index in [1.165, 1.54) is 11.6 Å². The molecule has 7 nitrogen and oxygen atoms in total. The third-order valence-electron chi connectivity index (χ3n) is 5.35. The van der Waals surface area contributed by atoms with Gasteiger partial charge in [0.1, 0.15) is 5.94 Å². The molecule has 0 bridgehead atoms. The quantitative estimate of drug-likeness (QED) is 0.353. The molecule has 0 radical (unpaired) electrons. The summed E-state index contributed by atoms with van der Waals surface area (Å²) in [6, 6.07) is 10.3. The van der Waals surface area contributed by atoms with Gasteiger partial charge in [0.2, 0.25) is 0 Å². The molecule has 2 saturated heterocycles. The van der Waals surface area contributed by atoms with Crippen molar-refractivity contribution in [3.8, 4) is 0 Å². The van der Waals surface area contributed by atoms with Crippen LogP contribution in [0, 0.1) is 0 Å². The number of urea groups is 1. The minimum atomic E-state index is -0.301. The van der Waals surface area contributed by atoms with Gasteiger partial charge >= 0.3 is 6.03 Å². The van der Waals surface area contributed by atoms with Gasteiger partial charge in [0.15, 0.2) is 0 Å². The number of benzene rings is 1. The van der Waals surface area contributed by atoms with Crippen LogP contribution >= 0.6 is 24.0 Å². The van der Waals surface area contributed by atoms with Crippen molar-refractivity contribution in [3.05, 3.63) is 42.0 Å². The molecule has 28 heavy (non-hydrogen) atoms. The Balaban J connectivity index is 0.00000280. The molecule has 0 saturated carbocycles. The maximum atomic E-state index is 12.9. The predicted octanol–water partition coefficient (Wildman–Crippen LogP) is 1.57. The van der Waals surface area contributed by atoms with Crippen LogP contribution in [0.5, 0.6) is 0 Å². The second kappa shape index (κ2) is 11.5. The van der Waals surface area contributed by atoms with Gasteiger partial charge in [0, 0.05) is 32.3 Å². The van der Waals surface area contributed by atoms with Gasteiger partial charge in [0.25, 0.3) is 0 Å². The zero-order valence-corrected chi connectivity index (χ0v) is 18.4. The SMILES string of the molecule is I.O=C=CCOCN1CCN(C(=O)NC2(c3ccccc3)CCNCC2)CC1. The van der Waals surface area contributed by atoms with E-state index >= 15 is 0 Å². The zero-order valence-electron chi connectivity index (χ0n) is 16.1. The van der Waals surface area contributed by atoms with Crippen LogP contribution in [0.4, 0.5) is 4.79 Å². The Kier molecular flexibility index (Phi) is 9.40. The average molecular weight is 500 g/mol. The predicted molar refractivity (Wildman–Crippen MR) is 118 cm³/mol. The molecule has 0 atom stereocenters.